The van der Waals surface area contributed by atoms with Crippen LogP contribution in [0.25, 0.3) is 10.2 Å². The van der Waals surface area contributed by atoms with E-state index in [1.165, 1.54) is 47.2 Å². The van der Waals surface area contributed by atoms with Crippen LogP contribution in [0.15, 0.2) is 35.4 Å². The van der Waals surface area contributed by atoms with E-state index in [0.717, 1.165) is 34.0 Å². The van der Waals surface area contributed by atoms with Gasteiger partial charge in [-0.15, -0.1) is 11.3 Å². The third-order valence-electron chi connectivity index (χ3n) is 5.34. The minimum atomic E-state index is -0.237. The monoisotopic (exact) mass is 396 g/mol. The summed E-state index contributed by atoms with van der Waals surface area (Å²) < 4.78 is 1.37. The predicted molar refractivity (Wildman–Crippen MR) is 114 cm³/mol. The number of piperidine rings is 1. The fourth-order valence-electron chi connectivity index (χ4n) is 3.65. The molecule has 0 saturated carbocycles. The number of anilines is 2. The van der Waals surface area contributed by atoms with E-state index in [9.17, 15) is 9.59 Å². The van der Waals surface area contributed by atoms with Crippen LogP contribution in [0.2, 0.25) is 0 Å². The number of benzene rings is 1. The SMILES string of the molecule is Cc1sc2ncn(CC(=O)Nc3ccc(N4CCCCC4)cc3)c(=O)c2c1C. The van der Waals surface area contributed by atoms with Crippen molar-refractivity contribution in [2.24, 2.45) is 0 Å². The first-order valence-corrected chi connectivity index (χ1v) is 10.4. The highest BCUT2D eigenvalue weighted by Crippen LogP contribution is 2.25. The molecule has 1 aromatic carbocycles. The summed E-state index contributed by atoms with van der Waals surface area (Å²) in [4.78, 5) is 33.7. The van der Waals surface area contributed by atoms with Crippen molar-refractivity contribution in [3.8, 4) is 0 Å². The molecule has 0 radical (unpaired) electrons. The number of aryl methyl sites for hydroxylation is 2. The van der Waals surface area contributed by atoms with Gasteiger partial charge < -0.3 is 10.2 Å². The summed E-state index contributed by atoms with van der Waals surface area (Å²) in [6.07, 6.45) is 5.22. The first kappa shape index (κ1) is 18.7. The van der Waals surface area contributed by atoms with Crippen molar-refractivity contribution >= 4 is 38.8 Å². The second-order valence-electron chi connectivity index (χ2n) is 7.28. The smallest absolute Gasteiger partial charge is 0.262 e. The van der Waals surface area contributed by atoms with Crippen LogP contribution in [0.1, 0.15) is 29.7 Å². The van der Waals surface area contributed by atoms with Crippen molar-refractivity contribution in [3.63, 3.8) is 0 Å². The number of hydrogen-bond donors (Lipinski definition) is 1. The van der Waals surface area contributed by atoms with Gasteiger partial charge in [0.15, 0.2) is 0 Å². The molecule has 2 aromatic heterocycles. The summed E-state index contributed by atoms with van der Waals surface area (Å²) in [5.41, 5.74) is 2.70. The molecule has 6 nitrogen and oxygen atoms in total. The molecule has 0 aliphatic carbocycles. The minimum Gasteiger partial charge on any atom is -0.372 e. The maximum Gasteiger partial charge on any atom is 0.262 e. The first-order chi connectivity index (χ1) is 13.5. The molecular weight excluding hydrogens is 372 g/mol. The normalized spacial score (nSPS) is 14.4. The van der Waals surface area contributed by atoms with Gasteiger partial charge in [-0.1, -0.05) is 0 Å². The molecule has 1 aliphatic rings. The number of thiophene rings is 1. The average Bonchev–Trinajstić information content (AvgIpc) is 3.00. The van der Waals surface area contributed by atoms with Crippen LogP contribution in [-0.4, -0.2) is 28.5 Å². The van der Waals surface area contributed by atoms with Gasteiger partial charge in [0.25, 0.3) is 5.56 Å². The van der Waals surface area contributed by atoms with Gasteiger partial charge in [0.2, 0.25) is 5.91 Å². The lowest BCUT2D eigenvalue weighted by Crippen LogP contribution is -2.29. The van der Waals surface area contributed by atoms with E-state index < -0.39 is 0 Å². The van der Waals surface area contributed by atoms with Crippen LogP contribution < -0.4 is 15.8 Å². The first-order valence-electron chi connectivity index (χ1n) is 9.63. The van der Waals surface area contributed by atoms with E-state index in [-0.39, 0.29) is 18.0 Å². The number of carbonyl (C=O) groups is 1. The topological polar surface area (TPSA) is 67.2 Å². The average molecular weight is 397 g/mol. The molecule has 0 atom stereocenters. The number of aromatic nitrogens is 2. The van der Waals surface area contributed by atoms with E-state index in [1.54, 1.807) is 0 Å². The Balaban J connectivity index is 1.46. The molecule has 0 unspecified atom stereocenters. The molecule has 1 N–H and O–H groups in total. The van der Waals surface area contributed by atoms with Gasteiger partial charge in [0.05, 0.1) is 11.7 Å². The van der Waals surface area contributed by atoms with Gasteiger partial charge in [-0.25, -0.2) is 4.98 Å². The van der Waals surface area contributed by atoms with Crippen molar-refractivity contribution in [2.75, 3.05) is 23.3 Å². The molecule has 1 amide bonds. The van der Waals surface area contributed by atoms with Crippen molar-refractivity contribution < 1.29 is 4.79 Å². The highest BCUT2D eigenvalue weighted by Gasteiger charge is 2.14. The largest absolute Gasteiger partial charge is 0.372 e. The number of hydrogen-bond acceptors (Lipinski definition) is 5. The van der Waals surface area contributed by atoms with E-state index in [1.807, 2.05) is 38.1 Å². The van der Waals surface area contributed by atoms with Gasteiger partial charge in [-0.2, -0.15) is 0 Å². The Morgan fingerprint density at radius 1 is 1.14 bits per heavy atom. The van der Waals surface area contributed by atoms with Gasteiger partial charge in [-0.3, -0.25) is 14.2 Å². The molecule has 0 spiro atoms. The van der Waals surface area contributed by atoms with Crippen molar-refractivity contribution in [2.45, 2.75) is 39.7 Å². The lowest BCUT2D eigenvalue weighted by atomic mass is 10.1. The van der Waals surface area contributed by atoms with Crippen LogP contribution in [-0.2, 0) is 11.3 Å². The molecule has 3 heterocycles. The molecule has 28 heavy (non-hydrogen) atoms. The maximum absolute atomic E-state index is 12.7. The number of carbonyl (C=O) groups excluding carboxylic acids is 1. The molecule has 0 bridgehead atoms. The zero-order valence-electron chi connectivity index (χ0n) is 16.2. The lowest BCUT2D eigenvalue weighted by Gasteiger charge is -2.28. The highest BCUT2D eigenvalue weighted by molar-refractivity contribution is 7.18. The van der Waals surface area contributed by atoms with Crippen LogP contribution in [0.4, 0.5) is 11.4 Å². The Morgan fingerprint density at radius 3 is 2.57 bits per heavy atom. The van der Waals surface area contributed by atoms with Gasteiger partial charge in [0, 0.05) is 29.3 Å². The molecule has 1 fully saturated rings. The summed E-state index contributed by atoms with van der Waals surface area (Å²) in [6.45, 7) is 6.03. The van der Waals surface area contributed by atoms with E-state index >= 15 is 0 Å². The molecular formula is C21H24N4O2S. The Hall–Kier alpha value is -2.67. The summed E-state index contributed by atoms with van der Waals surface area (Å²) in [5, 5.41) is 3.49. The van der Waals surface area contributed by atoms with Crippen molar-refractivity contribution in [1.29, 1.82) is 0 Å². The molecule has 7 heteroatoms. The van der Waals surface area contributed by atoms with Crippen LogP contribution >= 0.6 is 11.3 Å². The number of nitrogens with one attached hydrogen (secondary N) is 1. The van der Waals surface area contributed by atoms with Crippen molar-refractivity contribution in [1.82, 2.24) is 9.55 Å². The van der Waals surface area contributed by atoms with Crippen LogP contribution in [0, 0.1) is 13.8 Å². The number of amides is 1. The third kappa shape index (κ3) is 3.67. The van der Waals surface area contributed by atoms with E-state index in [2.05, 4.69) is 15.2 Å². The van der Waals surface area contributed by atoms with E-state index in [0.29, 0.717) is 5.39 Å². The van der Waals surface area contributed by atoms with Gasteiger partial charge in [0.1, 0.15) is 11.4 Å². The molecule has 4 rings (SSSR count). The van der Waals surface area contributed by atoms with Crippen LogP contribution in [0.5, 0.6) is 0 Å². The summed E-state index contributed by atoms with van der Waals surface area (Å²) >= 11 is 1.51. The fraction of sp³-hybridized carbons (Fsp3) is 0.381. The molecule has 1 saturated heterocycles. The Bertz CT molecular complexity index is 1060. The summed E-state index contributed by atoms with van der Waals surface area (Å²) in [5.74, 6) is -0.237. The lowest BCUT2D eigenvalue weighted by molar-refractivity contribution is -0.116. The number of nitrogens with zero attached hydrogens (tertiary/aromatic N) is 3. The van der Waals surface area contributed by atoms with E-state index in [4.69, 9.17) is 0 Å². The summed E-state index contributed by atoms with van der Waals surface area (Å²) in [6, 6.07) is 7.91. The number of rotatable bonds is 4. The molecule has 146 valence electrons. The number of fused-ring (bicyclic) bond motifs is 1. The fourth-order valence-corrected chi connectivity index (χ4v) is 4.63. The minimum absolute atomic E-state index is 0.0516. The second-order valence-corrected chi connectivity index (χ2v) is 8.49. The quantitative estimate of drug-likeness (QED) is 0.730. The van der Waals surface area contributed by atoms with Crippen molar-refractivity contribution in [3.05, 3.63) is 51.4 Å². The Kier molecular flexibility index (Phi) is 5.17. The Morgan fingerprint density at radius 2 is 1.86 bits per heavy atom. The molecule has 1 aliphatic heterocycles. The Labute approximate surface area is 167 Å². The van der Waals surface area contributed by atoms with Gasteiger partial charge in [-0.05, 0) is 62.9 Å². The second kappa shape index (κ2) is 7.75. The summed E-state index contributed by atoms with van der Waals surface area (Å²) in [7, 11) is 0. The standard InChI is InChI=1S/C21H24N4O2S/c1-14-15(2)28-20-19(14)21(27)25(13-22-20)12-18(26)23-16-6-8-17(9-7-16)24-10-4-3-5-11-24/h6-9,13H,3-5,10-12H2,1-2H3,(H,23,26). The molecule has 3 aromatic rings. The highest BCUT2D eigenvalue weighted by atomic mass is 32.1. The van der Waals surface area contributed by atoms with Gasteiger partial charge >= 0.3 is 0 Å². The van der Waals surface area contributed by atoms with Crippen LogP contribution in [0.3, 0.4) is 0 Å². The zero-order valence-corrected chi connectivity index (χ0v) is 17.0. The predicted octanol–water partition coefficient (Wildman–Crippen LogP) is 3.70. The zero-order chi connectivity index (χ0) is 19.7. The maximum atomic E-state index is 12.7. The third-order valence-corrected chi connectivity index (χ3v) is 6.46.